The first-order valence-corrected chi connectivity index (χ1v) is 9.16. The predicted octanol–water partition coefficient (Wildman–Crippen LogP) is 1.89. The summed E-state index contributed by atoms with van der Waals surface area (Å²) in [5.74, 6) is 0.833. The zero-order valence-corrected chi connectivity index (χ0v) is 15.4. The van der Waals surface area contributed by atoms with E-state index < -0.39 is 5.54 Å². The van der Waals surface area contributed by atoms with Gasteiger partial charge < -0.3 is 15.2 Å². The second-order valence-electron chi connectivity index (χ2n) is 7.72. The van der Waals surface area contributed by atoms with Crippen LogP contribution in [0, 0.1) is 5.92 Å². The first kappa shape index (κ1) is 18.1. The van der Waals surface area contributed by atoms with Crippen LogP contribution in [0.3, 0.4) is 0 Å². The van der Waals surface area contributed by atoms with Crippen LogP contribution in [0.5, 0.6) is 5.88 Å². The van der Waals surface area contributed by atoms with Crippen molar-refractivity contribution in [2.45, 2.75) is 57.2 Å². The molecule has 0 unspecified atom stereocenters. The van der Waals surface area contributed by atoms with Gasteiger partial charge in [0.1, 0.15) is 0 Å². The highest BCUT2D eigenvalue weighted by atomic mass is 16.5. The minimum absolute atomic E-state index is 0.0385. The number of hydrogen-bond donors (Lipinski definition) is 2. The van der Waals surface area contributed by atoms with Crippen molar-refractivity contribution < 1.29 is 14.6 Å². The molecule has 138 valence electrons. The van der Waals surface area contributed by atoms with Crippen molar-refractivity contribution in [3.63, 3.8) is 0 Å². The average Bonchev–Trinajstić information content (AvgIpc) is 3.12. The minimum atomic E-state index is -0.531. The number of methoxy groups -OCH3 is 1. The van der Waals surface area contributed by atoms with Crippen LogP contribution in [0.2, 0.25) is 0 Å². The summed E-state index contributed by atoms with van der Waals surface area (Å²) in [6, 6.07) is 3.63. The molecule has 1 amide bonds. The van der Waals surface area contributed by atoms with Crippen LogP contribution in [0.1, 0.15) is 51.1 Å². The molecule has 2 N–H and O–H groups in total. The normalized spacial score (nSPS) is 25.3. The lowest BCUT2D eigenvalue weighted by atomic mass is 9.75. The summed E-state index contributed by atoms with van der Waals surface area (Å²) < 4.78 is 5.12. The van der Waals surface area contributed by atoms with Gasteiger partial charge in [-0.05, 0) is 64.1 Å². The third kappa shape index (κ3) is 3.80. The lowest BCUT2D eigenvalue weighted by molar-refractivity contribution is -0.133. The van der Waals surface area contributed by atoms with Gasteiger partial charge in [0, 0.05) is 12.3 Å². The van der Waals surface area contributed by atoms with Crippen LogP contribution in [0.15, 0.2) is 18.3 Å². The van der Waals surface area contributed by atoms with Crippen molar-refractivity contribution in [3.05, 3.63) is 23.9 Å². The van der Waals surface area contributed by atoms with Crippen LogP contribution >= 0.6 is 0 Å². The summed E-state index contributed by atoms with van der Waals surface area (Å²) in [5, 5.41) is 12.9. The Morgan fingerprint density at radius 1 is 1.36 bits per heavy atom. The molecule has 6 nitrogen and oxygen atoms in total. The second kappa shape index (κ2) is 7.30. The van der Waals surface area contributed by atoms with Crippen molar-refractivity contribution in [2.75, 3.05) is 20.2 Å². The van der Waals surface area contributed by atoms with E-state index in [0.717, 1.165) is 31.5 Å². The number of nitrogens with one attached hydrogen (secondary N) is 1. The van der Waals surface area contributed by atoms with Gasteiger partial charge >= 0.3 is 0 Å². The molecular formula is C19H29N3O3. The minimum Gasteiger partial charge on any atom is -0.481 e. The third-order valence-corrected chi connectivity index (χ3v) is 5.69. The Labute approximate surface area is 149 Å². The fraction of sp³-hybridized carbons (Fsp3) is 0.684. The fourth-order valence-electron chi connectivity index (χ4n) is 3.81. The standard InChI is InChI=1S/C19H29N3O3/c1-19(2,22-8-4-5-9-22)18(24)21-17(14-10-15(23)11-14)13-6-7-16(25-3)20-12-13/h6-7,12,14-15,17,23H,4-5,8-11H2,1-3H3,(H,21,24)/t14?,15?,17-/m1/s1. The summed E-state index contributed by atoms with van der Waals surface area (Å²) >= 11 is 0. The molecule has 1 aromatic heterocycles. The Morgan fingerprint density at radius 2 is 2.04 bits per heavy atom. The number of aliphatic hydroxyl groups is 1. The number of aliphatic hydroxyl groups excluding tert-OH is 1. The maximum absolute atomic E-state index is 13.0. The molecule has 0 aromatic carbocycles. The van der Waals surface area contributed by atoms with Crippen LogP contribution in [-0.4, -0.2) is 52.7 Å². The van der Waals surface area contributed by atoms with E-state index in [9.17, 15) is 9.90 Å². The van der Waals surface area contributed by atoms with Gasteiger partial charge in [-0.25, -0.2) is 4.98 Å². The van der Waals surface area contributed by atoms with Gasteiger partial charge in [0.05, 0.1) is 24.8 Å². The summed E-state index contributed by atoms with van der Waals surface area (Å²) in [6.45, 7) is 5.92. The van der Waals surface area contributed by atoms with Crippen LogP contribution in [-0.2, 0) is 4.79 Å². The van der Waals surface area contributed by atoms with Crippen molar-refractivity contribution >= 4 is 5.91 Å². The number of hydrogen-bond acceptors (Lipinski definition) is 5. The average molecular weight is 347 g/mol. The molecule has 6 heteroatoms. The molecule has 0 spiro atoms. The molecule has 2 aliphatic rings. The number of pyridine rings is 1. The molecule has 1 saturated heterocycles. The van der Waals surface area contributed by atoms with Gasteiger partial charge in [-0.3, -0.25) is 9.69 Å². The Hall–Kier alpha value is -1.66. The zero-order chi connectivity index (χ0) is 18.0. The van der Waals surface area contributed by atoms with E-state index >= 15 is 0 Å². The summed E-state index contributed by atoms with van der Waals surface area (Å²) in [6.07, 6.45) is 5.22. The molecular weight excluding hydrogens is 318 g/mol. The van der Waals surface area contributed by atoms with Crippen LogP contribution < -0.4 is 10.1 Å². The van der Waals surface area contributed by atoms with Crippen LogP contribution in [0.25, 0.3) is 0 Å². The fourth-order valence-corrected chi connectivity index (χ4v) is 3.81. The van der Waals surface area contributed by atoms with Crippen molar-refractivity contribution in [2.24, 2.45) is 5.92 Å². The molecule has 2 fully saturated rings. The highest BCUT2D eigenvalue weighted by Crippen LogP contribution is 2.38. The molecule has 3 rings (SSSR count). The monoisotopic (exact) mass is 347 g/mol. The number of carbonyl (C=O) groups excluding carboxylic acids is 1. The Morgan fingerprint density at radius 3 is 2.56 bits per heavy atom. The summed E-state index contributed by atoms with van der Waals surface area (Å²) in [7, 11) is 1.59. The molecule has 1 aromatic rings. The van der Waals surface area contributed by atoms with Crippen molar-refractivity contribution in [1.82, 2.24) is 15.2 Å². The summed E-state index contributed by atoms with van der Waals surface area (Å²) in [4.78, 5) is 19.6. The first-order valence-electron chi connectivity index (χ1n) is 9.16. The SMILES string of the molecule is COc1ccc([C@@H](NC(=O)C(C)(C)N2CCCC2)C2CC(O)C2)cn1. The van der Waals surface area contributed by atoms with E-state index in [2.05, 4.69) is 15.2 Å². The second-order valence-corrected chi connectivity index (χ2v) is 7.72. The molecule has 25 heavy (non-hydrogen) atoms. The van der Waals surface area contributed by atoms with E-state index in [-0.39, 0.29) is 24.0 Å². The van der Waals surface area contributed by atoms with E-state index in [1.165, 1.54) is 0 Å². The van der Waals surface area contributed by atoms with E-state index in [1.54, 1.807) is 13.3 Å². The Kier molecular flexibility index (Phi) is 5.29. The van der Waals surface area contributed by atoms with Gasteiger partial charge in [-0.2, -0.15) is 0 Å². The lowest BCUT2D eigenvalue weighted by Gasteiger charge is -2.41. The van der Waals surface area contributed by atoms with Crippen molar-refractivity contribution in [1.29, 1.82) is 0 Å². The molecule has 1 aliphatic carbocycles. The number of amides is 1. The smallest absolute Gasteiger partial charge is 0.240 e. The molecule has 1 atom stereocenters. The largest absolute Gasteiger partial charge is 0.481 e. The molecule has 0 radical (unpaired) electrons. The molecule has 2 heterocycles. The van der Waals surface area contributed by atoms with E-state index in [1.807, 2.05) is 26.0 Å². The van der Waals surface area contributed by atoms with Crippen molar-refractivity contribution in [3.8, 4) is 5.88 Å². The quantitative estimate of drug-likeness (QED) is 0.822. The third-order valence-electron chi connectivity index (χ3n) is 5.69. The number of likely N-dealkylation sites (tertiary alicyclic amines) is 1. The van der Waals surface area contributed by atoms with Crippen LogP contribution in [0.4, 0.5) is 0 Å². The number of rotatable bonds is 6. The predicted molar refractivity (Wildman–Crippen MR) is 95.3 cm³/mol. The number of nitrogens with zero attached hydrogens (tertiary/aromatic N) is 2. The highest BCUT2D eigenvalue weighted by Gasteiger charge is 2.41. The molecule has 0 bridgehead atoms. The molecule has 1 aliphatic heterocycles. The maximum atomic E-state index is 13.0. The van der Waals surface area contributed by atoms with E-state index in [4.69, 9.17) is 4.74 Å². The topological polar surface area (TPSA) is 74.7 Å². The Balaban J connectivity index is 1.76. The first-order chi connectivity index (χ1) is 11.9. The number of aromatic nitrogens is 1. The van der Waals surface area contributed by atoms with Gasteiger partial charge in [-0.1, -0.05) is 6.07 Å². The van der Waals surface area contributed by atoms with Gasteiger partial charge in [0.15, 0.2) is 0 Å². The lowest BCUT2D eigenvalue weighted by Crippen LogP contribution is -2.55. The molecule has 1 saturated carbocycles. The van der Waals surface area contributed by atoms with E-state index in [0.29, 0.717) is 18.7 Å². The van der Waals surface area contributed by atoms with Gasteiger partial charge in [0.25, 0.3) is 0 Å². The maximum Gasteiger partial charge on any atom is 0.240 e. The highest BCUT2D eigenvalue weighted by molar-refractivity contribution is 5.85. The summed E-state index contributed by atoms with van der Waals surface area (Å²) in [5.41, 5.74) is 0.431. The number of carbonyl (C=O) groups is 1. The Bertz CT molecular complexity index is 590. The van der Waals surface area contributed by atoms with Gasteiger partial charge in [-0.15, -0.1) is 0 Å². The number of ether oxygens (including phenoxy) is 1. The van der Waals surface area contributed by atoms with Gasteiger partial charge in [0.2, 0.25) is 11.8 Å². The zero-order valence-electron chi connectivity index (χ0n) is 15.4.